The van der Waals surface area contributed by atoms with E-state index in [0.717, 1.165) is 0 Å². The summed E-state index contributed by atoms with van der Waals surface area (Å²) in [5.74, 6) is 0. The Morgan fingerprint density at radius 2 is 0.923 bits per heavy atom. The highest BCUT2D eigenvalue weighted by atomic mass is 79.9. The van der Waals surface area contributed by atoms with Gasteiger partial charge in [0, 0.05) is 8.95 Å². The van der Waals surface area contributed by atoms with Gasteiger partial charge in [-0.2, -0.15) is 0 Å². The maximum absolute atomic E-state index is 3.92. The molecule has 0 amide bonds. The lowest BCUT2D eigenvalue weighted by atomic mass is 9.81. The van der Waals surface area contributed by atoms with Crippen LogP contribution in [0.1, 0.15) is 52.7 Å². The van der Waals surface area contributed by atoms with Crippen LogP contribution in [0.4, 0.5) is 0 Å². The molecule has 0 atom stereocenters. The van der Waals surface area contributed by atoms with E-state index in [0.29, 0.717) is 0 Å². The zero-order chi connectivity index (χ0) is 19.0. The molecular weight excluding hydrogens is 448 g/mol. The number of hydrogen-bond donors (Lipinski definition) is 0. The first-order chi connectivity index (χ1) is 12.0. The third-order valence-electron chi connectivity index (χ3n) is 5.39. The van der Waals surface area contributed by atoms with Crippen LogP contribution in [-0.4, -0.2) is 0 Å². The van der Waals surface area contributed by atoms with Crippen molar-refractivity contribution in [1.82, 2.24) is 0 Å². The minimum atomic E-state index is 0.100. The van der Waals surface area contributed by atoms with Gasteiger partial charge in [-0.15, -0.1) is 0 Å². The summed E-state index contributed by atoms with van der Waals surface area (Å²) in [5.41, 5.74) is 2.92. The average Bonchev–Trinajstić information content (AvgIpc) is 2.53. The van der Waals surface area contributed by atoms with Crippen molar-refractivity contribution >= 4 is 64.2 Å². The monoisotopic (exact) mass is 470 g/mol. The Kier molecular flexibility index (Phi) is 3.99. The fourth-order valence-corrected chi connectivity index (χ4v) is 6.05. The second kappa shape index (κ2) is 5.69. The molecule has 0 heterocycles. The zero-order valence-electron chi connectivity index (χ0n) is 16.2. The molecule has 0 bridgehead atoms. The standard InChI is InChI=1S/C24H24Br2/c1-23(2,3)17-11-13-7-8-14-12-18(24(4,5)6)22(26)16-10-9-15(21(17)25)19(13)20(14)16/h7-12H,1-6H3. The first-order valence-corrected chi connectivity index (χ1v) is 10.7. The molecule has 0 aliphatic rings. The van der Waals surface area contributed by atoms with Crippen molar-refractivity contribution < 1.29 is 0 Å². The topological polar surface area (TPSA) is 0 Å². The Morgan fingerprint density at radius 1 is 0.577 bits per heavy atom. The first-order valence-electron chi connectivity index (χ1n) is 9.10. The summed E-state index contributed by atoms with van der Waals surface area (Å²) in [6.07, 6.45) is 0. The normalized spacial score (nSPS) is 13.4. The molecule has 0 saturated carbocycles. The highest BCUT2D eigenvalue weighted by Gasteiger charge is 2.24. The highest BCUT2D eigenvalue weighted by molar-refractivity contribution is 9.11. The van der Waals surface area contributed by atoms with Crippen molar-refractivity contribution in [1.29, 1.82) is 0 Å². The quantitative estimate of drug-likeness (QED) is 0.225. The van der Waals surface area contributed by atoms with Crippen molar-refractivity contribution in [3.8, 4) is 0 Å². The largest absolute Gasteiger partial charge is 0.0560 e. The Balaban J connectivity index is 2.23. The highest BCUT2D eigenvalue weighted by Crippen LogP contribution is 2.46. The van der Waals surface area contributed by atoms with Gasteiger partial charge in [0.05, 0.1) is 0 Å². The predicted octanol–water partition coefficient (Wildman–Crippen LogP) is 8.70. The van der Waals surface area contributed by atoms with E-state index in [9.17, 15) is 0 Å². The van der Waals surface area contributed by atoms with Crippen LogP contribution in [0.25, 0.3) is 32.3 Å². The maximum atomic E-state index is 3.92. The molecule has 0 aromatic heterocycles. The summed E-state index contributed by atoms with van der Waals surface area (Å²) in [7, 11) is 0. The molecule has 0 N–H and O–H groups in total. The lowest BCUT2D eigenvalue weighted by Crippen LogP contribution is -2.13. The Hall–Kier alpha value is -1.12. The van der Waals surface area contributed by atoms with Crippen LogP contribution in [0, 0.1) is 0 Å². The van der Waals surface area contributed by atoms with Gasteiger partial charge in [0.15, 0.2) is 0 Å². The SMILES string of the molecule is CC(C)(C)c1cc2ccc3cc(C(C)(C)C)c(Br)c4ccc(c1Br)c2c34. The zero-order valence-corrected chi connectivity index (χ0v) is 19.4. The molecule has 0 spiro atoms. The summed E-state index contributed by atoms with van der Waals surface area (Å²) in [6, 6.07) is 13.8. The Bertz CT molecular complexity index is 1060. The third-order valence-corrected chi connectivity index (χ3v) is 7.10. The van der Waals surface area contributed by atoms with E-state index in [1.165, 1.54) is 52.4 Å². The van der Waals surface area contributed by atoms with Crippen molar-refractivity contribution in [3.63, 3.8) is 0 Å². The third kappa shape index (κ3) is 2.60. The van der Waals surface area contributed by atoms with Gasteiger partial charge in [-0.3, -0.25) is 0 Å². The summed E-state index contributed by atoms with van der Waals surface area (Å²) in [5, 5.41) is 7.98. The molecule has 0 fully saturated rings. The number of hydrogen-bond acceptors (Lipinski definition) is 0. The summed E-state index contributed by atoms with van der Waals surface area (Å²) in [6.45, 7) is 13.6. The van der Waals surface area contributed by atoms with E-state index in [2.05, 4.69) is 110 Å². The van der Waals surface area contributed by atoms with Gasteiger partial charge in [-0.25, -0.2) is 0 Å². The molecule has 0 aliphatic heterocycles. The molecule has 4 rings (SSSR count). The summed E-state index contributed by atoms with van der Waals surface area (Å²) in [4.78, 5) is 0. The van der Waals surface area contributed by atoms with E-state index in [1.807, 2.05) is 0 Å². The number of rotatable bonds is 0. The fraction of sp³-hybridized carbons (Fsp3) is 0.333. The molecule has 0 unspecified atom stereocenters. The molecule has 2 heteroatoms. The van der Waals surface area contributed by atoms with Crippen molar-refractivity contribution in [3.05, 3.63) is 56.5 Å². The Morgan fingerprint density at radius 3 is 1.23 bits per heavy atom. The Labute approximate surface area is 172 Å². The van der Waals surface area contributed by atoms with E-state index < -0.39 is 0 Å². The lowest BCUT2D eigenvalue weighted by Gasteiger charge is -2.26. The number of benzene rings is 4. The molecular formula is C24H24Br2. The molecule has 134 valence electrons. The van der Waals surface area contributed by atoms with Crippen LogP contribution in [0.3, 0.4) is 0 Å². The van der Waals surface area contributed by atoms with Gasteiger partial charge in [0.2, 0.25) is 0 Å². The minimum absolute atomic E-state index is 0.100. The minimum Gasteiger partial charge on any atom is -0.0560 e. The second-order valence-electron chi connectivity index (χ2n) is 9.40. The molecule has 4 aromatic carbocycles. The molecule has 26 heavy (non-hydrogen) atoms. The lowest BCUT2D eigenvalue weighted by molar-refractivity contribution is 0.588. The molecule has 0 saturated heterocycles. The van der Waals surface area contributed by atoms with Crippen LogP contribution in [0.2, 0.25) is 0 Å². The van der Waals surface area contributed by atoms with E-state index in [4.69, 9.17) is 0 Å². The van der Waals surface area contributed by atoms with Crippen molar-refractivity contribution in [2.45, 2.75) is 52.4 Å². The molecule has 0 nitrogen and oxygen atoms in total. The van der Waals surface area contributed by atoms with E-state index in [-0.39, 0.29) is 10.8 Å². The van der Waals surface area contributed by atoms with E-state index in [1.54, 1.807) is 0 Å². The van der Waals surface area contributed by atoms with Gasteiger partial charge >= 0.3 is 0 Å². The maximum Gasteiger partial charge on any atom is 0.0291 e. The van der Waals surface area contributed by atoms with E-state index >= 15 is 0 Å². The van der Waals surface area contributed by atoms with Crippen LogP contribution >= 0.6 is 31.9 Å². The molecule has 0 aliphatic carbocycles. The van der Waals surface area contributed by atoms with Crippen LogP contribution in [0.5, 0.6) is 0 Å². The van der Waals surface area contributed by atoms with Gasteiger partial charge in [-0.05, 0) is 98.3 Å². The van der Waals surface area contributed by atoms with Crippen molar-refractivity contribution in [2.24, 2.45) is 0 Å². The van der Waals surface area contributed by atoms with Gasteiger partial charge in [-0.1, -0.05) is 65.8 Å². The van der Waals surface area contributed by atoms with Crippen LogP contribution in [0.15, 0.2) is 45.3 Å². The van der Waals surface area contributed by atoms with Crippen LogP contribution < -0.4 is 0 Å². The fourth-order valence-electron chi connectivity index (χ4n) is 3.97. The second-order valence-corrected chi connectivity index (χ2v) is 11.0. The summed E-state index contributed by atoms with van der Waals surface area (Å²) < 4.78 is 2.45. The number of halogens is 2. The van der Waals surface area contributed by atoms with Crippen molar-refractivity contribution in [2.75, 3.05) is 0 Å². The smallest absolute Gasteiger partial charge is 0.0291 e. The van der Waals surface area contributed by atoms with Crippen LogP contribution in [-0.2, 0) is 10.8 Å². The summed E-state index contributed by atoms with van der Waals surface area (Å²) >= 11 is 7.83. The predicted molar refractivity (Wildman–Crippen MR) is 123 cm³/mol. The molecule has 4 aromatic rings. The van der Waals surface area contributed by atoms with Gasteiger partial charge in [0.25, 0.3) is 0 Å². The molecule has 0 radical (unpaired) electrons. The average molecular weight is 472 g/mol. The van der Waals surface area contributed by atoms with Gasteiger partial charge in [0.1, 0.15) is 0 Å². The van der Waals surface area contributed by atoms with Gasteiger partial charge < -0.3 is 0 Å². The first kappa shape index (κ1) is 18.3.